The molecule has 3 rings (SSSR count). The molecule has 10 heteroatoms. The zero-order valence-electron chi connectivity index (χ0n) is 12.6. The first-order chi connectivity index (χ1) is 12.0. The number of hydrogen-bond donors (Lipinski definition) is 6. The second-order valence-corrected chi connectivity index (χ2v) is 5.12. The average molecular weight is 336 g/mol. The number of benzene rings is 1. The highest BCUT2D eigenvalue weighted by Crippen LogP contribution is 2.44. The molecule has 1 atom stereocenters. The summed E-state index contributed by atoms with van der Waals surface area (Å²) >= 11 is 0. The fourth-order valence-electron chi connectivity index (χ4n) is 2.58. The molecule has 0 bridgehead atoms. The fraction of sp³-hybridized carbons (Fsp3) is 0.0667. The monoisotopic (exact) mass is 336 g/mol. The summed E-state index contributed by atoms with van der Waals surface area (Å²) in [5, 5.41) is 43.1. The van der Waals surface area contributed by atoms with E-state index in [1.54, 1.807) is 6.19 Å². The van der Waals surface area contributed by atoms with E-state index in [1.807, 2.05) is 6.07 Å². The predicted molar refractivity (Wildman–Crippen MR) is 89.2 cm³/mol. The molecule has 2 aromatic rings. The minimum Gasteiger partial charge on any atom is -0.504 e. The third kappa shape index (κ3) is 2.44. The van der Waals surface area contributed by atoms with Gasteiger partial charge in [-0.25, -0.2) is 9.98 Å². The molecule has 0 spiro atoms. The summed E-state index contributed by atoms with van der Waals surface area (Å²) in [5.41, 5.74) is 12.4. The van der Waals surface area contributed by atoms with Crippen LogP contribution in [0.5, 0.6) is 11.5 Å². The molecule has 8 N–H and O–H groups in total. The van der Waals surface area contributed by atoms with Gasteiger partial charge >= 0.3 is 0 Å². The lowest BCUT2D eigenvalue weighted by Gasteiger charge is -2.26. The molecule has 1 aliphatic rings. The zero-order chi connectivity index (χ0) is 18.1. The standard InChI is InChI=1S/C15H12N8O2/c16-4-7-10(18)9-11(6-2-1-3-8(24)12(6)25)21-15(20-5-17)23-14(9)22-13(7)19/h1-3,11,24-25H,(H6,18,19,20,21,22,23). The number of phenolic OH excluding ortho intramolecular Hbond substituents is 2. The molecule has 0 amide bonds. The third-order valence-electron chi connectivity index (χ3n) is 3.70. The molecule has 0 saturated heterocycles. The number of nitrogen functional groups attached to an aromatic ring is 2. The lowest BCUT2D eigenvalue weighted by molar-refractivity contribution is 0.398. The summed E-state index contributed by atoms with van der Waals surface area (Å²) in [6, 6.07) is 5.32. The topological polar surface area (TPSA) is 189 Å². The van der Waals surface area contributed by atoms with Crippen LogP contribution >= 0.6 is 0 Å². The molecule has 1 aromatic heterocycles. The van der Waals surface area contributed by atoms with Gasteiger partial charge in [-0.15, -0.1) is 0 Å². The van der Waals surface area contributed by atoms with Crippen LogP contribution in [0.25, 0.3) is 0 Å². The number of aliphatic imine (C=N–C) groups is 1. The van der Waals surface area contributed by atoms with Gasteiger partial charge in [0.2, 0.25) is 5.96 Å². The van der Waals surface area contributed by atoms with E-state index in [2.05, 4.69) is 20.6 Å². The molecule has 25 heavy (non-hydrogen) atoms. The van der Waals surface area contributed by atoms with Crippen molar-refractivity contribution in [1.29, 1.82) is 10.5 Å². The second kappa shape index (κ2) is 5.79. The number of nitrogens with zero attached hydrogens (tertiary/aromatic N) is 4. The Balaban J connectivity index is 2.30. The molecule has 1 aliphatic heterocycles. The van der Waals surface area contributed by atoms with Gasteiger partial charge in [-0.2, -0.15) is 10.5 Å². The van der Waals surface area contributed by atoms with Crippen molar-refractivity contribution in [3.8, 4) is 23.8 Å². The van der Waals surface area contributed by atoms with Crippen molar-refractivity contribution < 1.29 is 10.2 Å². The predicted octanol–water partition coefficient (Wildman–Crippen LogP) is 0.470. The number of para-hydroxylation sites is 1. The van der Waals surface area contributed by atoms with Crippen molar-refractivity contribution in [2.45, 2.75) is 6.04 Å². The van der Waals surface area contributed by atoms with E-state index in [-0.39, 0.29) is 40.2 Å². The Hall–Kier alpha value is -4.18. The van der Waals surface area contributed by atoms with Gasteiger partial charge < -0.3 is 27.0 Å². The summed E-state index contributed by atoms with van der Waals surface area (Å²) in [5.74, 6) is -0.572. The second-order valence-electron chi connectivity index (χ2n) is 5.12. The van der Waals surface area contributed by atoms with Crippen LogP contribution in [0, 0.1) is 22.8 Å². The van der Waals surface area contributed by atoms with E-state index in [1.165, 1.54) is 18.2 Å². The highest BCUT2D eigenvalue weighted by molar-refractivity contribution is 5.98. The van der Waals surface area contributed by atoms with Crippen molar-refractivity contribution >= 4 is 23.3 Å². The van der Waals surface area contributed by atoms with E-state index < -0.39 is 11.8 Å². The summed E-state index contributed by atoms with van der Waals surface area (Å²) in [7, 11) is 0. The number of nitriles is 2. The lowest BCUT2D eigenvalue weighted by atomic mass is 9.94. The Kier molecular flexibility index (Phi) is 3.64. The van der Waals surface area contributed by atoms with Crippen molar-refractivity contribution in [2.75, 3.05) is 16.8 Å². The van der Waals surface area contributed by atoms with Crippen LogP contribution in [-0.4, -0.2) is 21.2 Å². The minimum atomic E-state index is -0.917. The smallest absolute Gasteiger partial charge is 0.211 e. The van der Waals surface area contributed by atoms with Crippen LogP contribution in [0.4, 0.5) is 17.3 Å². The molecular formula is C15H12N8O2. The van der Waals surface area contributed by atoms with E-state index in [0.29, 0.717) is 5.56 Å². The van der Waals surface area contributed by atoms with E-state index in [4.69, 9.17) is 16.7 Å². The van der Waals surface area contributed by atoms with Crippen molar-refractivity contribution in [2.24, 2.45) is 4.99 Å². The lowest BCUT2D eigenvalue weighted by Crippen LogP contribution is -2.32. The number of aromatic nitrogens is 1. The molecule has 0 radical (unpaired) electrons. The SMILES string of the molecule is N#CNC1=NC(c2cccc(O)c2O)c2c(nc(N)c(C#N)c2N)N1. The molecule has 124 valence electrons. The van der Waals surface area contributed by atoms with Gasteiger partial charge in [0.1, 0.15) is 29.3 Å². The maximum atomic E-state index is 10.2. The number of aromatic hydroxyl groups is 2. The molecule has 10 nitrogen and oxygen atoms in total. The van der Waals surface area contributed by atoms with Gasteiger partial charge in [-0.05, 0) is 6.07 Å². The summed E-state index contributed by atoms with van der Waals surface area (Å²) in [6.07, 6.45) is 1.72. The van der Waals surface area contributed by atoms with Crippen LogP contribution < -0.4 is 22.1 Å². The van der Waals surface area contributed by atoms with Crippen LogP contribution in [0.1, 0.15) is 22.7 Å². The molecule has 1 unspecified atom stereocenters. The van der Waals surface area contributed by atoms with E-state index >= 15 is 0 Å². The third-order valence-corrected chi connectivity index (χ3v) is 3.70. The van der Waals surface area contributed by atoms with E-state index in [0.717, 1.165) is 0 Å². The normalized spacial score (nSPS) is 15.1. The molecular weight excluding hydrogens is 324 g/mol. The molecule has 0 fully saturated rings. The van der Waals surface area contributed by atoms with Crippen LogP contribution in [0.2, 0.25) is 0 Å². The Bertz CT molecular complexity index is 986. The fourth-order valence-corrected chi connectivity index (χ4v) is 2.58. The number of pyridine rings is 1. The zero-order valence-corrected chi connectivity index (χ0v) is 12.6. The quantitative estimate of drug-likeness (QED) is 0.244. The first-order valence-corrected chi connectivity index (χ1v) is 6.97. The average Bonchev–Trinajstić information content (AvgIpc) is 2.57. The maximum absolute atomic E-state index is 10.2. The number of nitrogens with two attached hydrogens (primary N) is 2. The van der Waals surface area contributed by atoms with Gasteiger partial charge in [-0.3, -0.25) is 5.32 Å². The number of phenols is 2. The molecule has 0 saturated carbocycles. The van der Waals surface area contributed by atoms with Crippen molar-refractivity contribution in [3.63, 3.8) is 0 Å². The van der Waals surface area contributed by atoms with Crippen molar-refractivity contribution in [1.82, 2.24) is 10.3 Å². The minimum absolute atomic E-state index is 0.0166. The summed E-state index contributed by atoms with van der Waals surface area (Å²) < 4.78 is 0. The van der Waals surface area contributed by atoms with Crippen LogP contribution in [0.15, 0.2) is 23.2 Å². The Morgan fingerprint density at radius 3 is 2.68 bits per heavy atom. The van der Waals surface area contributed by atoms with Crippen molar-refractivity contribution in [3.05, 3.63) is 34.9 Å². The number of anilines is 3. The number of fused-ring (bicyclic) bond motifs is 1. The summed E-state index contributed by atoms with van der Waals surface area (Å²) in [6.45, 7) is 0. The molecule has 0 aliphatic carbocycles. The number of hydrogen-bond acceptors (Lipinski definition) is 10. The van der Waals surface area contributed by atoms with Gasteiger partial charge in [-0.1, -0.05) is 12.1 Å². The van der Waals surface area contributed by atoms with Crippen LogP contribution in [-0.2, 0) is 0 Å². The molecule has 2 heterocycles. The first kappa shape index (κ1) is 15.7. The highest BCUT2D eigenvalue weighted by Gasteiger charge is 2.31. The summed E-state index contributed by atoms with van der Waals surface area (Å²) in [4.78, 5) is 8.38. The number of rotatable bonds is 1. The Labute approximate surface area is 141 Å². The van der Waals surface area contributed by atoms with Gasteiger partial charge in [0.15, 0.2) is 17.7 Å². The van der Waals surface area contributed by atoms with Gasteiger partial charge in [0, 0.05) is 11.1 Å². The van der Waals surface area contributed by atoms with E-state index in [9.17, 15) is 15.5 Å². The highest BCUT2D eigenvalue weighted by atomic mass is 16.3. The van der Waals surface area contributed by atoms with Gasteiger partial charge in [0.05, 0.1) is 5.69 Å². The van der Waals surface area contributed by atoms with Gasteiger partial charge in [0.25, 0.3) is 0 Å². The maximum Gasteiger partial charge on any atom is 0.211 e. The number of nitrogens with one attached hydrogen (secondary N) is 2. The molecule has 1 aromatic carbocycles. The first-order valence-electron chi connectivity index (χ1n) is 6.97. The largest absolute Gasteiger partial charge is 0.504 e. The Morgan fingerprint density at radius 2 is 2.00 bits per heavy atom. The number of guanidine groups is 1. The van der Waals surface area contributed by atoms with Crippen LogP contribution in [0.3, 0.4) is 0 Å². The Morgan fingerprint density at radius 1 is 1.24 bits per heavy atom.